The zero-order valence-corrected chi connectivity index (χ0v) is 22.3. The van der Waals surface area contributed by atoms with Gasteiger partial charge >= 0.3 is 6.01 Å². The van der Waals surface area contributed by atoms with Gasteiger partial charge in [0.1, 0.15) is 18.6 Å². The number of hydrogen-bond acceptors (Lipinski definition) is 7. The molecular weight excluding hydrogens is 493 g/mol. The third-order valence-corrected chi connectivity index (χ3v) is 9.52. The highest BCUT2D eigenvalue weighted by molar-refractivity contribution is 5.99. The topological polar surface area (TPSA) is 82.2 Å². The molecule has 0 aliphatic carbocycles. The summed E-state index contributed by atoms with van der Waals surface area (Å²) >= 11 is 0. The molecule has 4 atom stereocenters. The summed E-state index contributed by atoms with van der Waals surface area (Å²) in [7, 11) is 0. The molecule has 8 nitrogen and oxygen atoms in total. The van der Waals surface area contributed by atoms with E-state index in [2.05, 4.69) is 62.6 Å². The summed E-state index contributed by atoms with van der Waals surface area (Å²) in [6.07, 6.45) is 6.07. The van der Waals surface area contributed by atoms with Crippen LogP contribution >= 0.6 is 0 Å². The number of rotatable bonds is 5. The van der Waals surface area contributed by atoms with Gasteiger partial charge in [0.05, 0.1) is 22.8 Å². The fraction of sp³-hybridized carbons (Fsp3) is 0.500. The smallest absolute Gasteiger partial charge is 0.319 e. The number of aryl methyl sites for hydroxylation is 1. The van der Waals surface area contributed by atoms with Crippen LogP contribution in [0.3, 0.4) is 0 Å². The highest BCUT2D eigenvalue weighted by Crippen LogP contribution is 2.41. The van der Waals surface area contributed by atoms with Crippen molar-refractivity contribution in [1.29, 1.82) is 0 Å². The molecule has 9 heteroatoms. The van der Waals surface area contributed by atoms with Crippen molar-refractivity contribution < 1.29 is 9.13 Å². The van der Waals surface area contributed by atoms with Crippen molar-refractivity contribution in [2.75, 3.05) is 37.7 Å². The molecule has 0 saturated carbocycles. The van der Waals surface area contributed by atoms with Crippen molar-refractivity contribution in [3.8, 4) is 17.1 Å². The maximum atomic E-state index is 14.4. The molecule has 8 rings (SSSR count). The first-order valence-corrected chi connectivity index (χ1v) is 14.3. The van der Waals surface area contributed by atoms with E-state index in [4.69, 9.17) is 14.7 Å². The predicted molar refractivity (Wildman–Crippen MR) is 150 cm³/mol. The van der Waals surface area contributed by atoms with Crippen molar-refractivity contribution in [1.82, 2.24) is 30.4 Å². The number of piperazine rings is 1. The van der Waals surface area contributed by atoms with Gasteiger partial charge in [-0.25, -0.2) is 4.39 Å². The van der Waals surface area contributed by atoms with Gasteiger partial charge in [0.15, 0.2) is 0 Å². The van der Waals surface area contributed by atoms with Crippen LogP contribution in [0, 0.1) is 6.92 Å². The summed E-state index contributed by atoms with van der Waals surface area (Å²) in [5.74, 6) is 0.937. The van der Waals surface area contributed by atoms with Crippen molar-refractivity contribution >= 4 is 27.6 Å². The molecule has 0 unspecified atom stereocenters. The Hall–Kier alpha value is -3.30. The number of nitrogens with one attached hydrogen (secondary N) is 2. The van der Waals surface area contributed by atoms with Crippen molar-refractivity contribution in [3.05, 3.63) is 42.1 Å². The SMILES string of the molecule is Cc1ccc2cn[nH]c2c1-c1ccc2c(N3C[C@H]4CC[C@@H](C3)N4)nc(OC[C@@]34CCCN3C[C@H](F)C4)nc2c1. The number of H-pyrrole nitrogens is 1. The summed E-state index contributed by atoms with van der Waals surface area (Å²) in [4.78, 5) is 14.6. The van der Waals surface area contributed by atoms with E-state index in [1.54, 1.807) is 0 Å². The fourth-order valence-corrected chi connectivity index (χ4v) is 7.66. The van der Waals surface area contributed by atoms with Crippen LogP contribution in [0.1, 0.15) is 37.7 Å². The third-order valence-electron chi connectivity index (χ3n) is 9.52. The molecule has 0 spiro atoms. The summed E-state index contributed by atoms with van der Waals surface area (Å²) < 4.78 is 20.8. The van der Waals surface area contributed by atoms with E-state index in [9.17, 15) is 4.39 Å². The Balaban J connectivity index is 1.21. The number of fused-ring (bicyclic) bond motifs is 5. The number of ether oxygens (including phenoxy) is 1. The predicted octanol–water partition coefficient (Wildman–Crippen LogP) is 4.38. The first-order chi connectivity index (χ1) is 19.0. The lowest BCUT2D eigenvalue weighted by Crippen LogP contribution is -2.51. The van der Waals surface area contributed by atoms with Gasteiger partial charge < -0.3 is 15.0 Å². The molecule has 0 amide bonds. The zero-order valence-electron chi connectivity index (χ0n) is 22.3. The Labute approximate surface area is 226 Å². The lowest BCUT2D eigenvalue weighted by atomic mass is 9.95. The summed E-state index contributed by atoms with van der Waals surface area (Å²) in [5.41, 5.74) is 5.06. The highest BCUT2D eigenvalue weighted by Gasteiger charge is 2.49. The second-order valence-corrected chi connectivity index (χ2v) is 12.1. The third kappa shape index (κ3) is 3.89. The number of hydrogen-bond donors (Lipinski definition) is 2. The Morgan fingerprint density at radius 1 is 1.10 bits per heavy atom. The molecule has 4 aliphatic heterocycles. The number of aromatic nitrogens is 4. The maximum Gasteiger partial charge on any atom is 0.319 e. The van der Waals surface area contributed by atoms with Crippen molar-refractivity contribution in [2.45, 2.75) is 62.8 Å². The number of aromatic amines is 1. The van der Waals surface area contributed by atoms with Crippen LogP contribution in [-0.4, -0.2) is 81.6 Å². The zero-order chi connectivity index (χ0) is 26.1. The molecule has 4 aliphatic rings. The normalized spacial score (nSPS) is 28.6. The second-order valence-electron chi connectivity index (χ2n) is 12.1. The summed E-state index contributed by atoms with van der Waals surface area (Å²) in [6, 6.07) is 12.1. The van der Waals surface area contributed by atoms with Gasteiger partial charge in [-0.3, -0.25) is 10.00 Å². The van der Waals surface area contributed by atoms with Crippen LogP contribution in [0.5, 0.6) is 6.01 Å². The lowest BCUT2D eigenvalue weighted by Gasteiger charge is -2.34. The van der Waals surface area contributed by atoms with E-state index >= 15 is 0 Å². The van der Waals surface area contributed by atoms with E-state index < -0.39 is 6.17 Å². The van der Waals surface area contributed by atoms with Gasteiger partial charge in [-0.1, -0.05) is 18.2 Å². The molecule has 2 aromatic carbocycles. The van der Waals surface area contributed by atoms with Gasteiger partial charge in [0, 0.05) is 54.5 Å². The minimum atomic E-state index is -0.783. The van der Waals surface area contributed by atoms with Crippen molar-refractivity contribution in [2.24, 2.45) is 0 Å². The number of alkyl halides is 1. The molecule has 2 bridgehead atoms. The lowest BCUT2D eigenvalue weighted by molar-refractivity contribution is 0.107. The average molecular weight is 528 g/mol. The monoisotopic (exact) mass is 527 g/mol. The van der Waals surface area contributed by atoms with Crippen LogP contribution < -0.4 is 15.0 Å². The number of anilines is 1. The minimum Gasteiger partial charge on any atom is -0.461 e. The molecule has 2 N–H and O–H groups in total. The van der Waals surface area contributed by atoms with Crippen molar-refractivity contribution in [3.63, 3.8) is 0 Å². The van der Waals surface area contributed by atoms with Crippen LogP contribution in [0.2, 0.25) is 0 Å². The largest absolute Gasteiger partial charge is 0.461 e. The molecule has 6 heterocycles. The molecule has 39 heavy (non-hydrogen) atoms. The average Bonchev–Trinajstić information content (AvgIpc) is 3.70. The number of benzene rings is 2. The van der Waals surface area contributed by atoms with Gasteiger partial charge in [-0.15, -0.1) is 0 Å². The maximum absolute atomic E-state index is 14.4. The van der Waals surface area contributed by atoms with Crippen LogP contribution in [0.4, 0.5) is 10.2 Å². The van der Waals surface area contributed by atoms with Gasteiger partial charge in [0.2, 0.25) is 0 Å². The minimum absolute atomic E-state index is 0.235. The van der Waals surface area contributed by atoms with Crippen LogP contribution in [-0.2, 0) is 0 Å². The van der Waals surface area contributed by atoms with E-state index in [1.165, 1.54) is 18.4 Å². The molecular formula is C30H34FN7O. The van der Waals surface area contributed by atoms with E-state index in [-0.39, 0.29) is 5.54 Å². The molecule has 4 saturated heterocycles. The standard InChI is InChI=1S/C30H34FN7O/c1-18-3-4-20-13-32-36-27(20)26(18)19-5-8-24-25(11-19)34-29(35-28(24)37-15-22-6-7-23(16-37)33-22)39-17-30-9-2-10-38(30)14-21(31)12-30/h3-5,8,11,13,21-23,33H,2,6-7,9-10,12,14-17H2,1H3,(H,32,36)/t21-,22-,23+,30+/m1/s1. The Morgan fingerprint density at radius 3 is 2.85 bits per heavy atom. The number of halogens is 1. The molecule has 4 fully saturated rings. The molecule has 2 aromatic heterocycles. The van der Waals surface area contributed by atoms with E-state index in [0.717, 1.165) is 71.2 Å². The summed E-state index contributed by atoms with van der Waals surface area (Å²) in [6.45, 7) is 5.87. The van der Waals surface area contributed by atoms with E-state index in [1.807, 2.05) is 6.20 Å². The number of nitrogens with zero attached hydrogens (tertiary/aromatic N) is 5. The molecule has 202 valence electrons. The Morgan fingerprint density at radius 2 is 1.97 bits per heavy atom. The second kappa shape index (κ2) is 8.86. The quantitative estimate of drug-likeness (QED) is 0.399. The van der Waals surface area contributed by atoms with Gasteiger partial charge in [0.25, 0.3) is 0 Å². The van der Waals surface area contributed by atoms with Crippen LogP contribution in [0.15, 0.2) is 36.5 Å². The summed E-state index contributed by atoms with van der Waals surface area (Å²) in [5, 5.41) is 13.3. The highest BCUT2D eigenvalue weighted by atomic mass is 19.1. The molecule has 0 radical (unpaired) electrons. The van der Waals surface area contributed by atoms with E-state index in [0.29, 0.717) is 37.7 Å². The van der Waals surface area contributed by atoms with Gasteiger partial charge in [-0.05, 0) is 62.4 Å². The molecule has 4 aromatic rings. The van der Waals surface area contributed by atoms with Gasteiger partial charge in [-0.2, -0.15) is 15.1 Å². The fourth-order valence-electron chi connectivity index (χ4n) is 7.66. The Kier molecular flexibility index (Phi) is 5.35. The first kappa shape index (κ1) is 23.6. The van der Waals surface area contributed by atoms with Crippen LogP contribution in [0.25, 0.3) is 32.9 Å². The Bertz CT molecular complexity index is 1560. The first-order valence-electron chi connectivity index (χ1n) is 14.3.